The Balaban J connectivity index is 1.84. The molecule has 4 heteroatoms. The number of hydrogen-bond acceptors (Lipinski definition) is 3. The number of rotatable bonds is 2. The van der Waals surface area contributed by atoms with Gasteiger partial charge in [-0.2, -0.15) is 0 Å². The second kappa shape index (κ2) is 6.15. The fourth-order valence-corrected chi connectivity index (χ4v) is 3.48. The molecule has 1 amide bonds. The molecule has 0 spiro atoms. The average molecular weight is 296 g/mol. The van der Waals surface area contributed by atoms with Crippen molar-refractivity contribution in [3.05, 3.63) is 0 Å². The highest BCUT2D eigenvalue weighted by atomic mass is 16.6. The Bertz CT molecular complexity index is 373. The summed E-state index contributed by atoms with van der Waals surface area (Å²) in [6.07, 6.45) is 6.09. The number of hydrogen-bond donors (Lipinski definition) is 1. The molecule has 0 aromatic heterocycles. The molecule has 0 radical (unpaired) electrons. The molecule has 1 saturated heterocycles. The molecule has 2 unspecified atom stereocenters. The van der Waals surface area contributed by atoms with Gasteiger partial charge in [0.25, 0.3) is 0 Å². The van der Waals surface area contributed by atoms with E-state index in [-0.39, 0.29) is 6.09 Å². The number of carbonyl (C=O) groups is 1. The topological polar surface area (TPSA) is 41.6 Å². The lowest BCUT2D eigenvalue weighted by Gasteiger charge is -2.40. The smallest absolute Gasteiger partial charge is 0.410 e. The van der Waals surface area contributed by atoms with Crippen LogP contribution in [-0.4, -0.2) is 41.8 Å². The second-order valence-corrected chi connectivity index (χ2v) is 8.37. The minimum absolute atomic E-state index is 0.172. The third-order valence-corrected chi connectivity index (χ3v) is 4.78. The quantitative estimate of drug-likeness (QED) is 0.847. The first-order valence-electron chi connectivity index (χ1n) is 8.41. The summed E-state index contributed by atoms with van der Waals surface area (Å²) in [5, 5.41) is 3.81. The molecule has 2 fully saturated rings. The number of nitrogens with zero attached hydrogens (tertiary/aromatic N) is 1. The molecule has 0 bridgehead atoms. The van der Waals surface area contributed by atoms with Crippen LogP contribution in [0, 0.1) is 5.41 Å². The zero-order chi connectivity index (χ0) is 15.7. The Morgan fingerprint density at radius 3 is 2.57 bits per heavy atom. The van der Waals surface area contributed by atoms with Crippen LogP contribution in [0.3, 0.4) is 0 Å². The van der Waals surface area contributed by atoms with Crippen molar-refractivity contribution in [3.63, 3.8) is 0 Å². The van der Waals surface area contributed by atoms with E-state index in [1.54, 1.807) is 0 Å². The van der Waals surface area contributed by atoms with Crippen LogP contribution in [0.4, 0.5) is 4.79 Å². The van der Waals surface area contributed by atoms with Crippen LogP contribution in [-0.2, 0) is 4.74 Å². The van der Waals surface area contributed by atoms with Gasteiger partial charge in [0.1, 0.15) is 5.60 Å². The molecule has 0 aromatic rings. The van der Waals surface area contributed by atoms with Gasteiger partial charge in [0.15, 0.2) is 0 Å². The Hall–Kier alpha value is -0.770. The lowest BCUT2D eigenvalue weighted by molar-refractivity contribution is 0.0288. The first-order valence-corrected chi connectivity index (χ1v) is 8.41. The molecule has 0 aromatic carbocycles. The van der Waals surface area contributed by atoms with Crippen LogP contribution in [0.2, 0.25) is 0 Å². The van der Waals surface area contributed by atoms with E-state index in [1.807, 2.05) is 25.7 Å². The third-order valence-electron chi connectivity index (χ3n) is 4.78. The van der Waals surface area contributed by atoms with Gasteiger partial charge in [-0.1, -0.05) is 26.7 Å². The van der Waals surface area contributed by atoms with Gasteiger partial charge < -0.3 is 15.0 Å². The van der Waals surface area contributed by atoms with Gasteiger partial charge in [-0.3, -0.25) is 0 Å². The second-order valence-electron chi connectivity index (χ2n) is 8.37. The highest BCUT2D eigenvalue weighted by Gasteiger charge is 2.36. The molecule has 4 nitrogen and oxygen atoms in total. The third kappa shape index (κ3) is 4.60. The summed E-state index contributed by atoms with van der Waals surface area (Å²) in [6.45, 7) is 12.1. The predicted octanol–water partition coefficient (Wildman–Crippen LogP) is 3.55. The molecule has 122 valence electrons. The van der Waals surface area contributed by atoms with Crippen molar-refractivity contribution in [1.82, 2.24) is 10.2 Å². The van der Waals surface area contributed by atoms with Gasteiger partial charge >= 0.3 is 6.09 Å². The van der Waals surface area contributed by atoms with E-state index in [4.69, 9.17) is 4.74 Å². The molecular formula is C17H32N2O2. The molecule has 21 heavy (non-hydrogen) atoms. The molecule has 1 saturated carbocycles. The Morgan fingerprint density at radius 2 is 1.95 bits per heavy atom. The van der Waals surface area contributed by atoms with E-state index in [0.717, 1.165) is 19.5 Å². The maximum atomic E-state index is 12.1. The standard InChI is InChI=1S/C17H32N2O2/c1-16(2,3)21-15(20)19-11-9-13(12-19)18-14-8-6-7-10-17(14,4)5/h13-14,18H,6-12H2,1-5H3. The van der Waals surface area contributed by atoms with E-state index in [9.17, 15) is 4.79 Å². The summed E-state index contributed by atoms with van der Waals surface area (Å²) in [5.74, 6) is 0. The highest BCUT2D eigenvalue weighted by molar-refractivity contribution is 5.68. The Labute approximate surface area is 129 Å². The number of nitrogens with one attached hydrogen (secondary N) is 1. The fourth-order valence-electron chi connectivity index (χ4n) is 3.48. The first-order chi connectivity index (χ1) is 9.67. The fraction of sp³-hybridized carbons (Fsp3) is 0.941. The summed E-state index contributed by atoms with van der Waals surface area (Å²) < 4.78 is 5.46. The van der Waals surface area contributed by atoms with E-state index in [2.05, 4.69) is 19.2 Å². The van der Waals surface area contributed by atoms with Crippen LogP contribution >= 0.6 is 0 Å². The lowest BCUT2D eigenvalue weighted by atomic mass is 9.73. The van der Waals surface area contributed by atoms with Gasteiger partial charge in [0, 0.05) is 25.2 Å². The largest absolute Gasteiger partial charge is 0.444 e. The van der Waals surface area contributed by atoms with Gasteiger partial charge in [-0.25, -0.2) is 4.79 Å². The van der Waals surface area contributed by atoms with Crippen LogP contribution in [0.5, 0.6) is 0 Å². The van der Waals surface area contributed by atoms with Crippen molar-refractivity contribution in [2.45, 2.75) is 84.4 Å². The number of carbonyl (C=O) groups excluding carboxylic acids is 1. The van der Waals surface area contributed by atoms with Gasteiger partial charge in [0.05, 0.1) is 0 Å². The van der Waals surface area contributed by atoms with E-state index in [0.29, 0.717) is 17.5 Å². The van der Waals surface area contributed by atoms with Crippen LogP contribution < -0.4 is 5.32 Å². The van der Waals surface area contributed by atoms with Gasteiger partial charge in [-0.15, -0.1) is 0 Å². The molecular weight excluding hydrogens is 264 g/mol. The first kappa shape index (κ1) is 16.6. The van der Waals surface area contributed by atoms with Crippen LogP contribution in [0.1, 0.15) is 66.7 Å². The minimum Gasteiger partial charge on any atom is -0.444 e. The molecule has 2 atom stereocenters. The number of likely N-dealkylation sites (tertiary alicyclic amines) is 1. The molecule has 1 aliphatic heterocycles. The normalized spacial score (nSPS) is 29.5. The molecule has 2 aliphatic rings. The van der Waals surface area contributed by atoms with Gasteiger partial charge in [-0.05, 0) is 45.4 Å². The molecule has 2 rings (SSSR count). The summed E-state index contributed by atoms with van der Waals surface area (Å²) in [7, 11) is 0. The summed E-state index contributed by atoms with van der Waals surface area (Å²) in [5.41, 5.74) is -0.0362. The SMILES string of the molecule is CC(C)(C)OC(=O)N1CCC(NC2CCCCC2(C)C)C1. The molecule has 1 heterocycles. The summed E-state index contributed by atoms with van der Waals surface area (Å²) in [6, 6.07) is 0.995. The van der Waals surface area contributed by atoms with Crippen molar-refractivity contribution in [1.29, 1.82) is 0 Å². The monoisotopic (exact) mass is 296 g/mol. The number of ether oxygens (including phenoxy) is 1. The Morgan fingerprint density at radius 1 is 1.24 bits per heavy atom. The van der Waals surface area contributed by atoms with E-state index < -0.39 is 5.60 Å². The minimum atomic E-state index is -0.409. The van der Waals surface area contributed by atoms with Crippen molar-refractivity contribution in [2.24, 2.45) is 5.41 Å². The zero-order valence-electron chi connectivity index (χ0n) is 14.4. The zero-order valence-corrected chi connectivity index (χ0v) is 14.4. The molecule has 1 aliphatic carbocycles. The summed E-state index contributed by atoms with van der Waals surface area (Å²) >= 11 is 0. The van der Waals surface area contributed by atoms with E-state index >= 15 is 0 Å². The Kier molecular flexibility index (Phi) is 4.86. The van der Waals surface area contributed by atoms with Crippen LogP contribution in [0.25, 0.3) is 0 Å². The number of amides is 1. The maximum Gasteiger partial charge on any atom is 0.410 e. The van der Waals surface area contributed by atoms with E-state index in [1.165, 1.54) is 25.7 Å². The van der Waals surface area contributed by atoms with Crippen molar-refractivity contribution in [2.75, 3.05) is 13.1 Å². The summed E-state index contributed by atoms with van der Waals surface area (Å²) in [4.78, 5) is 13.9. The van der Waals surface area contributed by atoms with Gasteiger partial charge in [0.2, 0.25) is 0 Å². The maximum absolute atomic E-state index is 12.1. The van der Waals surface area contributed by atoms with Crippen molar-refractivity contribution < 1.29 is 9.53 Å². The van der Waals surface area contributed by atoms with Crippen molar-refractivity contribution >= 4 is 6.09 Å². The van der Waals surface area contributed by atoms with Crippen molar-refractivity contribution in [3.8, 4) is 0 Å². The molecule has 1 N–H and O–H groups in total. The highest BCUT2D eigenvalue weighted by Crippen LogP contribution is 2.36. The lowest BCUT2D eigenvalue weighted by Crippen LogP contribution is -2.49. The average Bonchev–Trinajstić information content (AvgIpc) is 2.78. The van der Waals surface area contributed by atoms with Crippen LogP contribution in [0.15, 0.2) is 0 Å². The predicted molar refractivity (Wildman–Crippen MR) is 85.4 cm³/mol.